The van der Waals surface area contributed by atoms with Crippen molar-refractivity contribution in [2.45, 2.75) is 24.5 Å². The molecule has 1 aliphatic rings. The molecule has 1 aromatic rings. The van der Waals surface area contributed by atoms with Crippen LogP contribution in [0.25, 0.3) is 6.08 Å². The van der Waals surface area contributed by atoms with E-state index in [2.05, 4.69) is 20.8 Å². The van der Waals surface area contributed by atoms with Gasteiger partial charge in [-0.25, -0.2) is 0 Å². The molecule has 1 aliphatic heterocycles. The molecular weight excluding hydrogens is 368 g/mol. The first-order valence-corrected chi connectivity index (χ1v) is 9.21. The van der Waals surface area contributed by atoms with Gasteiger partial charge in [-0.05, 0) is 18.1 Å². The normalized spacial score (nSPS) is 18.3. The molecule has 8 nitrogen and oxygen atoms in total. The quantitative estimate of drug-likeness (QED) is 0.337. The van der Waals surface area contributed by atoms with Crippen molar-refractivity contribution >= 4 is 47.0 Å². The first-order valence-electron chi connectivity index (χ1n) is 8.33. The number of nitrogens with zero attached hydrogens (tertiary/aromatic N) is 2. The summed E-state index contributed by atoms with van der Waals surface area (Å²) in [4.78, 5) is 34.1. The minimum absolute atomic E-state index is 0.000214. The Hall–Kier alpha value is -2.94. The van der Waals surface area contributed by atoms with Gasteiger partial charge in [-0.2, -0.15) is 5.10 Å². The van der Waals surface area contributed by atoms with Crippen LogP contribution in [0.4, 0.5) is 0 Å². The molecule has 2 rings (SSSR count). The number of carbonyl (C=O) groups excluding carboxylic acids is 2. The molecule has 0 spiro atoms. The zero-order valence-electron chi connectivity index (χ0n) is 14.5. The van der Waals surface area contributed by atoms with Crippen LogP contribution in [-0.2, 0) is 14.4 Å². The lowest BCUT2D eigenvalue weighted by Gasteiger charge is -2.06. The van der Waals surface area contributed by atoms with Crippen LogP contribution >= 0.6 is 11.8 Å². The number of nitrogens with one attached hydrogen (secondary N) is 2. The van der Waals surface area contributed by atoms with Crippen molar-refractivity contribution in [2.75, 3.05) is 6.54 Å². The van der Waals surface area contributed by atoms with Crippen molar-refractivity contribution in [1.29, 1.82) is 0 Å². The number of hydrogen-bond donors (Lipinski definition) is 3. The summed E-state index contributed by atoms with van der Waals surface area (Å²) in [5.74, 6) is -1.51. The monoisotopic (exact) mass is 388 g/mol. The second-order valence-electron chi connectivity index (χ2n) is 5.59. The van der Waals surface area contributed by atoms with Gasteiger partial charge in [0.25, 0.3) is 0 Å². The minimum Gasteiger partial charge on any atom is -0.481 e. The maximum atomic E-state index is 11.9. The lowest BCUT2D eigenvalue weighted by atomic mass is 10.2. The van der Waals surface area contributed by atoms with Gasteiger partial charge in [-0.1, -0.05) is 48.2 Å². The number of carbonyl (C=O) groups is 3. The summed E-state index contributed by atoms with van der Waals surface area (Å²) in [5, 5.41) is 21.3. The third-order valence-corrected chi connectivity index (χ3v) is 4.50. The van der Waals surface area contributed by atoms with Gasteiger partial charge in [0, 0.05) is 25.6 Å². The second kappa shape index (κ2) is 10.9. The number of benzene rings is 1. The number of aliphatic carboxylic acids is 1. The first kappa shape index (κ1) is 20.4. The molecule has 1 unspecified atom stereocenters. The van der Waals surface area contributed by atoms with Crippen molar-refractivity contribution in [2.24, 2.45) is 10.2 Å². The number of thioether (sulfide) groups is 1. The van der Waals surface area contributed by atoms with E-state index in [9.17, 15) is 14.4 Å². The lowest BCUT2D eigenvalue weighted by molar-refractivity contribution is -0.137. The van der Waals surface area contributed by atoms with Gasteiger partial charge in [0.1, 0.15) is 5.25 Å². The highest BCUT2D eigenvalue weighted by atomic mass is 32.2. The fourth-order valence-electron chi connectivity index (χ4n) is 2.14. The maximum Gasteiger partial charge on any atom is 0.303 e. The third kappa shape index (κ3) is 7.87. The van der Waals surface area contributed by atoms with Crippen LogP contribution < -0.4 is 10.6 Å². The molecule has 1 heterocycles. The average Bonchev–Trinajstić information content (AvgIpc) is 2.98. The standard InChI is InChI=1S/C18H20N4O4S/c23-15(19-10-5-9-16(24)25)12-14-17(26)21-18(27-14)22-20-11-4-8-13-6-2-1-3-7-13/h1-4,6-8,11,14H,5,9-10,12H2,(H,19,23)(H,24,25)(H,21,22,26). The van der Waals surface area contributed by atoms with E-state index in [0.29, 0.717) is 11.6 Å². The Labute approximate surface area is 160 Å². The highest BCUT2D eigenvalue weighted by molar-refractivity contribution is 8.15. The van der Waals surface area contributed by atoms with E-state index in [0.717, 1.165) is 17.3 Å². The molecule has 0 aromatic heterocycles. The number of hydrogen-bond acceptors (Lipinski definition) is 6. The molecule has 27 heavy (non-hydrogen) atoms. The lowest BCUT2D eigenvalue weighted by Crippen LogP contribution is -2.31. The number of amidine groups is 1. The fourth-order valence-corrected chi connectivity index (χ4v) is 3.06. The van der Waals surface area contributed by atoms with Crippen LogP contribution in [0.15, 0.2) is 46.6 Å². The summed E-state index contributed by atoms with van der Waals surface area (Å²) in [6.07, 6.45) is 5.47. The molecule has 2 amide bonds. The average molecular weight is 388 g/mol. The largest absolute Gasteiger partial charge is 0.481 e. The second-order valence-corrected chi connectivity index (χ2v) is 6.78. The van der Waals surface area contributed by atoms with Crippen molar-refractivity contribution in [3.05, 3.63) is 42.0 Å². The molecule has 3 N–H and O–H groups in total. The van der Waals surface area contributed by atoms with Gasteiger partial charge in [0.2, 0.25) is 11.8 Å². The summed E-state index contributed by atoms with van der Waals surface area (Å²) in [6, 6.07) is 9.72. The molecule has 9 heteroatoms. The Morgan fingerprint density at radius 2 is 2.07 bits per heavy atom. The van der Waals surface area contributed by atoms with E-state index >= 15 is 0 Å². The SMILES string of the molecule is O=C(O)CCCNC(=O)CC1SC(=NN=CC=Cc2ccccc2)NC1=O. The fraction of sp³-hybridized carbons (Fsp3) is 0.278. The summed E-state index contributed by atoms with van der Waals surface area (Å²) >= 11 is 1.14. The summed E-state index contributed by atoms with van der Waals surface area (Å²) < 4.78 is 0. The minimum atomic E-state index is -0.907. The van der Waals surface area contributed by atoms with Crippen LogP contribution in [0.3, 0.4) is 0 Å². The molecule has 0 radical (unpaired) electrons. The van der Waals surface area contributed by atoms with Gasteiger partial charge in [0.15, 0.2) is 5.17 Å². The van der Waals surface area contributed by atoms with Crippen molar-refractivity contribution in [3.8, 4) is 0 Å². The number of amides is 2. The predicted octanol–water partition coefficient (Wildman–Crippen LogP) is 1.64. The van der Waals surface area contributed by atoms with Gasteiger partial charge in [0.05, 0.1) is 0 Å². The van der Waals surface area contributed by atoms with Crippen LogP contribution in [0, 0.1) is 0 Å². The number of carboxylic acid groups (broad SMARTS) is 1. The molecule has 142 valence electrons. The highest BCUT2D eigenvalue weighted by Gasteiger charge is 2.32. The Balaban J connectivity index is 1.74. The number of carboxylic acids is 1. The molecule has 0 saturated carbocycles. The smallest absolute Gasteiger partial charge is 0.303 e. The zero-order chi connectivity index (χ0) is 19.5. The van der Waals surface area contributed by atoms with E-state index in [1.807, 2.05) is 36.4 Å². The van der Waals surface area contributed by atoms with Crippen molar-refractivity contribution in [1.82, 2.24) is 10.6 Å². The van der Waals surface area contributed by atoms with E-state index < -0.39 is 11.2 Å². The van der Waals surface area contributed by atoms with E-state index in [1.165, 1.54) is 6.21 Å². The van der Waals surface area contributed by atoms with Crippen molar-refractivity contribution in [3.63, 3.8) is 0 Å². The Morgan fingerprint density at radius 1 is 1.30 bits per heavy atom. The molecular formula is C18H20N4O4S. The Kier molecular flexibility index (Phi) is 8.24. The van der Waals surface area contributed by atoms with Crippen molar-refractivity contribution < 1.29 is 19.5 Å². The van der Waals surface area contributed by atoms with Gasteiger partial charge in [-0.15, -0.1) is 5.10 Å². The van der Waals surface area contributed by atoms with E-state index in [4.69, 9.17) is 5.11 Å². The highest BCUT2D eigenvalue weighted by Crippen LogP contribution is 2.22. The van der Waals surface area contributed by atoms with E-state index in [1.54, 1.807) is 6.08 Å². The first-order chi connectivity index (χ1) is 13.0. The molecule has 1 aromatic carbocycles. The summed E-state index contributed by atoms with van der Waals surface area (Å²) in [6.45, 7) is 0.267. The molecule has 0 aliphatic carbocycles. The summed E-state index contributed by atoms with van der Waals surface area (Å²) in [5.41, 5.74) is 1.04. The number of rotatable bonds is 9. The topological polar surface area (TPSA) is 120 Å². The predicted molar refractivity (Wildman–Crippen MR) is 105 cm³/mol. The maximum absolute atomic E-state index is 11.9. The van der Waals surface area contributed by atoms with Gasteiger partial charge >= 0.3 is 5.97 Å². The Morgan fingerprint density at radius 3 is 2.81 bits per heavy atom. The number of allylic oxidation sites excluding steroid dienone is 1. The van der Waals surface area contributed by atoms with Crippen LogP contribution in [0.1, 0.15) is 24.8 Å². The van der Waals surface area contributed by atoms with Crippen LogP contribution in [0.5, 0.6) is 0 Å². The molecule has 0 bridgehead atoms. The Bertz CT molecular complexity index is 762. The van der Waals surface area contributed by atoms with Gasteiger partial charge in [-0.3, -0.25) is 14.4 Å². The molecule has 1 atom stereocenters. The zero-order valence-corrected chi connectivity index (χ0v) is 15.3. The molecule has 1 fully saturated rings. The van der Waals surface area contributed by atoms with Gasteiger partial charge < -0.3 is 15.7 Å². The summed E-state index contributed by atoms with van der Waals surface area (Å²) in [7, 11) is 0. The third-order valence-electron chi connectivity index (χ3n) is 3.43. The van der Waals surface area contributed by atoms with Crippen LogP contribution in [0.2, 0.25) is 0 Å². The van der Waals surface area contributed by atoms with E-state index in [-0.39, 0.29) is 31.2 Å². The van der Waals surface area contributed by atoms with Crippen LogP contribution in [-0.4, -0.2) is 46.1 Å². The molecule has 1 saturated heterocycles.